The molecule has 1 saturated carbocycles. The van der Waals surface area contributed by atoms with E-state index in [1.54, 1.807) is 0 Å². The van der Waals surface area contributed by atoms with Crippen LogP contribution in [0.4, 0.5) is 10.5 Å². The molecule has 0 spiro atoms. The minimum Gasteiger partial charge on any atom is -0.449 e. The van der Waals surface area contributed by atoms with Crippen molar-refractivity contribution in [3.8, 4) is 0 Å². The third-order valence-corrected chi connectivity index (χ3v) is 4.14. The van der Waals surface area contributed by atoms with E-state index >= 15 is 0 Å². The molecule has 2 aliphatic carbocycles. The Balaban J connectivity index is 1.47. The summed E-state index contributed by atoms with van der Waals surface area (Å²) in [5.74, 6) is 1.86. The summed E-state index contributed by atoms with van der Waals surface area (Å²) in [4.78, 5) is 11.7. The van der Waals surface area contributed by atoms with Gasteiger partial charge >= 0.3 is 6.09 Å². The van der Waals surface area contributed by atoms with Crippen LogP contribution in [0.1, 0.15) is 18.4 Å². The fourth-order valence-electron chi connectivity index (χ4n) is 3.06. The first-order chi connectivity index (χ1) is 9.20. The summed E-state index contributed by atoms with van der Waals surface area (Å²) in [6, 6.07) is 7.71. The van der Waals surface area contributed by atoms with Gasteiger partial charge in [-0.3, -0.25) is 5.32 Å². The number of ether oxygens (including phenoxy) is 1. The maximum absolute atomic E-state index is 11.7. The van der Waals surface area contributed by atoms with Gasteiger partial charge in [-0.05, 0) is 43.7 Å². The number of carbonyl (C=O) groups is 1. The molecule has 3 nitrogen and oxygen atoms in total. The molecule has 0 aliphatic heterocycles. The fraction of sp³-hybridized carbons (Fsp3) is 0.438. The lowest BCUT2D eigenvalue weighted by Gasteiger charge is -2.17. The largest absolute Gasteiger partial charge is 0.449 e. The smallest absolute Gasteiger partial charge is 0.411 e. The van der Waals surface area contributed by atoms with Crippen molar-refractivity contribution in [1.82, 2.24) is 0 Å². The first-order valence-corrected chi connectivity index (χ1v) is 6.89. The van der Waals surface area contributed by atoms with E-state index in [2.05, 4.69) is 17.5 Å². The third-order valence-electron chi connectivity index (χ3n) is 4.14. The Bertz CT molecular complexity index is 492. The maximum Gasteiger partial charge on any atom is 0.411 e. The van der Waals surface area contributed by atoms with Crippen LogP contribution in [-0.2, 0) is 4.74 Å². The Kier molecular flexibility index (Phi) is 3.28. The van der Waals surface area contributed by atoms with Crippen molar-refractivity contribution in [1.29, 1.82) is 0 Å². The van der Waals surface area contributed by atoms with Crippen molar-refractivity contribution in [2.45, 2.75) is 19.8 Å². The van der Waals surface area contributed by atoms with E-state index in [1.807, 2.05) is 31.2 Å². The quantitative estimate of drug-likeness (QED) is 0.837. The Morgan fingerprint density at radius 2 is 2.05 bits per heavy atom. The molecule has 2 aliphatic rings. The van der Waals surface area contributed by atoms with E-state index in [9.17, 15) is 4.79 Å². The highest BCUT2D eigenvalue weighted by molar-refractivity contribution is 5.84. The number of amides is 1. The van der Waals surface area contributed by atoms with Crippen molar-refractivity contribution >= 4 is 11.8 Å². The number of fused-ring (bicyclic) bond motifs is 2. The highest BCUT2D eigenvalue weighted by atomic mass is 16.5. The summed E-state index contributed by atoms with van der Waals surface area (Å²) in [6.45, 7) is 2.55. The SMILES string of the molecule is Cc1ccc(NC(=O)OC[C@@H]2C[C@H]3C=C[C@H]2C3)cc1. The van der Waals surface area contributed by atoms with Gasteiger partial charge in [0, 0.05) is 11.6 Å². The third kappa shape index (κ3) is 2.80. The summed E-state index contributed by atoms with van der Waals surface area (Å²) < 4.78 is 5.33. The van der Waals surface area contributed by atoms with E-state index in [1.165, 1.54) is 18.4 Å². The molecule has 0 saturated heterocycles. The average molecular weight is 257 g/mol. The van der Waals surface area contributed by atoms with Crippen LogP contribution < -0.4 is 5.32 Å². The monoisotopic (exact) mass is 257 g/mol. The Morgan fingerprint density at radius 3 is 2.68 bits per heavy atom. The molecule has 3 atom stereocenters. The zero-order chi connectivity index (χ0) is 13.2. The van der Waals surface area contributed by atoms with Gasteiger partial charge in [-0.15, -0.1) is 0 Å². The topological polar surface area (TPSA) is 38.3 Å². The molecular weight excluding hydrogens is 238 g/mol. The van der Waals surface area contributed by atoms with Gasteiger partial charge in [0.2, 0.25) is 0 Å². The number of rotatable bonds is 3. The molecule has 0 unspecified atom stereocenters. The van der Waals surface area contributed by atoms with Gasteiger partial charge in [-0.25, -0.2) is 4.79 Å². The number of aryl methyl sites for hydroxylation is 1. The van der Waals surface area contributed by atoms with Crippen LogP contribution in [-0.4, -0.2) is 12.7 Å². The average Bonchev–Trinajstić information content (AvgIpc) is 3.01. The number of hydrogen-bond donors (Lipinski definition) is 1. The van der Waals surface area contributed by atoms with Crippen LogP contribution >= 0.6 is 0 Å². The molecule has 0 heterocycles. The van der Waals surface area contributed by atoms with Crippen LogP contribution in [0, 0.1) is 24.7 Å². The molecule has 0 radical (unpaired) electrons. The number of carbonyl (C=O) groups excluding carboxylic acids is 1. The molecule has 1 aromatic rings. The van der Waals surface area contributed by atoms with Crippen LogP contribution in [0.5, 0.6) is 0 Å². The lowest BCUT2D eigenvalue weighted by atomic mass is 9.95. The second-order valence-corrected chi connectivity index (χ2v) is 5.63. The summed E-state index contributed by atoms with van der Waals surface area (Å²) >= 11 is 0. The Hall–Kier alpha value is -1.77. The first-order valence-electron chi connectivity index (χ1n) is 6.89. The number of allylic oxidation sites excluding steroid dienone is 2. The minimum atomic E-state index is -0.351. The Morgan fingerprint density at radius 1 is 1.26 bits per heavy atom. The van der Waals surface area contributed by atoms with E-state index in [-0.39, 0.29) is 6.09 Å². The highest BCUT2D eigenvalue weighted by Crippen LogP contribution is 2.43. The van der Waals surface area contributed by atoms with Gasteiger partial charge in [0.25, 0.3) is 0 Å². The summed E-state index contributed by atoms with van der Waals surface area (Å²) in [6.07, 6.45) is 6.64. The first kappa shape index (κ1) is 12.3. The van der Waals surface area contributed by atoms with Gasteiger partial charge in [0.15, 0.2) is 0 Å². The summed E-state index contributed by atoms with van der Waals surface area (Å²) in [5, 5.41) is 2.76. The van der Waals surface area contributed by atoms with Crippen molar-refractivity contribution in [2.75, 3.05) is 11.9 Å². The number of anilines is 1. The van der Waals surface area contributed by atoms with Gasteiger partial charge in [-0.2, -0.15) is 0 Å². The van der Waals surface area contributed by atoms with E-state index in [0.717, 1.165) is 11.6 Å². The lowest BCUT2D eigenvalue weighted by Crippen LogP contribution is -2.21. The molecule has 3 heteroatoms. The number of nitrogens with one attached hydrogen (secondary N) is 1. The standard InChI is InChI=1S/C16H19NO2/c1-11-2-6-15(7-3-11)17-16(18)19-10-14-9-12-4-5-13(14)8-12/h2-7,12-14H,8-10H2,1H3,(H,17,18)/t12-,13-,14-/m0/s1. The van der Waals surface area contributed by atoms with Gasteiger partial charge in [0.1, 0.15) is 0 Å². The molecule has 1 aromatic carbocycles. The molecule has 100 valence electrons. The summed E-state index contributed by atoms with van der Waals surface area (Å²) in [7, 11) is 0. The lowest BCUT2D eigenvalue weighted by molar-refractivity contribution is 0.134. The van der Waals surface area contributed by atoms with Crippen LogP contribution in [0.25, 0.3) is 0 Å². The minimum absolute atomic E-state index is 0.351. The second kappa shape index (κ2) is 5.08. The van der Waals surface area contributed by atoms with Crippen LogP contribution in [0.3, 0.4) is 0 Å². The zero-order valence-corrected chi connectivity index (χ0v) is 11.1. The van der Waals surface area contributed by atoms with E-state index < -0.39 is 0 Å². The van der Waals surface area contributed by atoms with Crippen LogP contribution in [0.2, 0.25) is 0 Å². The predicted molar refractivity (Wildman–Crippen MR) is 75.0 cm³/mol. The van der Waals surface area contributed by atoms with Gasteiger partial charge in [0.05, 0.1) is 6.61 Å². The summed E-state index contributed by atoms with van der Waals surface area (Å²) in [5.41, 5.74) is 1.95. The molecule has 1 N–H and O–H groups in total. The number of hydrogen-bond acceptors (Lipinski definition) is 2. The molecule has 2 bridgehead atoms. The van der Waals surface area contributed by atoms with Crippen molar-refractivity contribution in [3.63, 3.8) is 0 Å². The normalized spacial score (nSPS) is 27.5. The van der Waals surface area contributed by atoms with Crippen LogP contribution in [0.15, 0.2) is 36.4 Å². The van der Waals surface area contributed by atoms with E-state index in [0.29, 0.717) is 18.4 Å². The van der Waals surface area contributed by atoms with Gasteiger partial charge in [-0.1, -0.05) is 29.8 Å². The Labute approximate surface area is 113 Å². The van der Waals surface area contributed by atoms with Gasteiger partial charge < -0.3 is 4.74 Å². The second-order valence-electron chi connectivity index (χ2n) is 5.63. The molecule has 1 fully saturated rings. The van der Waals surface area contributed by atoms with Crippen molar-refractivity contribution < 1.29 is 9.53 Å². The highest BCUT2D eigenvalue weighted by Gasteiger charge is 2.36. The molecule has 1 amide bonds. The zero-order valence-electron chi connectivity index (χ0n) is 11.1. The van der Waals surface area contributed by atoms with Crippen molar-refractivity contribution in [3.05, 3.63) is 42.0 Å². The van der Waals surface area contributed by atoms with E-state index in [4.69, 9.17) is 4.74 Å². The predicted octanol–water partition coefficient (Wildman–Crippen LogP) is 3.76. The molecule has 0 aromatic heterocycles. The fourth-order valence-corrected chi connectivity index (χ4v) is 3.06. The molecular formula is C16H19NO2. The molecule has 19 heavy (non-hydrogen) atoms. The van der Waals surface area contributed by atoms with Crippen molar-refractivity contribution in [2.24, 2.45) is 17.8 Å². The molecule has 3 rings (SSSR count). The maximum atomic E-state index is 11.7. The number of benzene rings is 1.